The van der Waals surface area contributed by atoms with Gasteiger partial charge in [0.15, 0.2) is 0 Å². The Kier molecular flexibility index (Phi) is 2.42. The van der Waals surface area contributed by atoms with E-state index in [4.69, 9.17) is 0 Å². The summed E-state index contributed by atoms with van der Waals surface area (Å²) in [5.41, 5.74) is 0. The van der Waals surface area contributed by atoms with Gasteiger partial charge in [-0.05, 0) is 19.4 Å². The highest BCUT2D eigenvalue weighted by atomic mass is 15.3. The predicted molar refractivity (Wildman–Crippen MR) is 56.3 cm³/mol. The molecule has 0 amide bonds. The van der Waals surface area contributed by atoms with Crippen LogP contribution in [-0.2, 0) is 13.1 Å². The molecule has 2 aliphatic rings. The molecule has 1 aromatic rings. The Bertz CT molecular complexity index is 328. The van der Waals surface area contributed by atoms with E-state index in [1.54, 1.807) is 0 Å². The number of fused-ring (bicyclic) bond motifs is 1. The van der Waals surface area contributed by atoms with Crippen molar-refractivity contribution in [2.45, 2.75) is 32.0 Å². The highest BCUT2D eigenvalue weighted by Gasteiger charge is 2.22. The molecule has 1 saturated heterocycles. The van der Waals surface area contributed by atoms with Gasteiger partial charge in [0, 0.05) is 25.7 Å². The maximum absolute atomic E-state index is 4.13. The molecule has 0 spiro atoms. The van der Waals surface area contributed by atoms with Crippen molar-refractivity contribution < 1.29 is 0 Å². The van der Waals surface area contributed by atoms with E-state index in [0.29, 0.717) is 6.04 Å². The lowest BCUT2D eigenvalue weighted by Gasteiger charge is -2.29. The monoisotopic (exact) mass is 207 g/mol. The largest absolute Gasteiger partial charge is 0.315 e. The van der Waals surface area contributed by atoms with Gasteiger partial charge in [-0.3, -0.25) is 4.90 Å². The van der Waals surface area contributed by atoms with E-state index in [-0.39, 0.29) is 0 Å². The molecule has 1 N–H and O–H groups in total. The van der Waals surface area contributed by atoms with Crippen LogP contribution in [-0.4, -0.2) is 45.3 Å². The summed E-state index contributed by atoms with van der Waals surface area (Å²) >= 11 is 0. The minimum absolute atomic E-state index is 0.694. The fourth-order valence-corrected chi connectivity index (χ4v) is 2.50. The maximum Gasteiger partial charge on any atom is 0.147 e. The number of nitrogens with one attached hydrogen (secondary N) is 1. The van der Waals surface area contributed by atoms with Gasteiger partial charge in [0.2, 0.25) is 0 Å². The average Bonchev–Trinajstić information content (AvgIpc) is 2.87. The van der Waals surface area contributed by atoms with Crippen LogP contribution < -0.4 is 5.32 Å². The van der Waals surface area contributed by atoms with Gasteiger partial charge in [0.25, 0.3) is 0 Å². The molecule has 5 nitrogen and oxygen atoms in total. The van der Waals surface area contributed by atoms with Gasteiger partial charge in [-0.2, -0.15) is 0 Å². The van der Waals surface area contributed by atoms with Crippen LogP contribution in [0.3, 0.4) is 0 Å². The Morgan fingerprint density at radius 1 is 1.47 bits per heavy atom. The Hall–Kier alpha value is -0.940. The molecule has 0 radical (unpaired) electrons. The van der Waals surface area contributed by atoms with Gasteiger partial charge in [0.1, 0.15) is 12.2 Å². The van der Waals surface area contributed by atoms with Crippen molar-refractivity contribution in [3.63, 3.8) is 0 Å². The van der Waals surface area contributed by atoms with E-state index < -0.39 is 0 Å². The Morgan fingerprint density at radius 3 is 3.33 bits per heavy atom. The summed E-state index contributed by atoms with van der Waals surface area (Å²) in [7, 11) is 0. The molecule has 0 aliphatic carbocycles. The standard InChI is InChI=1S/C10H17N5/c1-2-9(11-3-1)6-14-4-5-15-8-12-13-10(15)7-14/h8-9,11H,1-7H2/t9-/m0/s1. The summed E-state index contributed by atoms with van der Waals surface area (Å²) < 4.78 is 2.15. The van der Waals surface area contributed by atoms with Gasteiger partial charge in [0.05, 0.1) is 6.54 Å². The van der Waals surface area contributed by atoms with Crippen molar-refractivity contribution in [3.8, 4) is 0 Å². The van der Waals surface area contributed by atoms with Crippen molar-refractivity contribution in [3.05, 3.63) is 12.2 Å². The summed E-state index contributed by atoms with van der Waals surface area (Å²) in [6.07, 6.45) is 4.48. The summed E-state index contributed by atoms with van der Waals surface area (Å²) in [5, 5.41) is 11.6. The summed E-state index contributed by atoms with van der Waals surface area (Å²) in [5.74, 6) is 1.11. The van der Waals surface area contributed by atoms with Gasteiger partial charge >= 0.3 is 0 Å². The van der Waals surface area contributed by atoms with E-state index >= 15 is 0 Å². The molecule has 1 aromatic heterocycles. The number of nitrogens with zero attached hydrogens (tertiary/aromatic N) is 4. The molecule has 0 saturated carbocycles. The second-order valence-corrected chi connectivity index (χ2v) is 4.47. The first-order valence-corrected chi connectivity index (χ1v) is 5.74. The van der Waals surface area contributed by atoms with Crippen LogP contribution in [0.4, 0.5) is 0 Å². The van der Waals surface area contributed by atoms with Gasteiger partial charge in [-0.25, -0.2) is 0 Å². The van der Waals surface area contributed by atoms with Crippen LogP contribution >= 0.6 is 0 Å². The Labute approximate surface area is 89.5 Å². The van der Waals surface area contributed by atoms with Crippen LogP contribution in [0.5, 0.6) is 0 Å². The second-order valence-electron chi connectivity index (χ2n) is 4.47. The second kappa shape index (κ2) is 3.90. The lowest BCUT2D eigenvalue weighted by molar-refractivity contribution is 0.199. The van der Waals surface area contributed by atoms with Crippen molar-refractivity contribution >= 4 is 0 Å². The number of hydrogen-bond acceptors (Lipinski definition) is 4. The third-order valence-electron chi connectivity index (χ3n) is 3.36. The maximum atomic E-state index is 4.13. The minimum atomic E-state index is 0.694. The summed E-state index contributed by atoms with van der Waals surface area (Å²) in [4.78, 5) is 2.48. The Morgan fingerprint density at radius 2 is 2.47 bits per heavy atom. The van der Waals surface area contributed by atoms with Crippen molar-refractivity contribution in [1.82, 2.24) is 25.0 Å². The topological polar surface area (TPSA) is 46.0 Å². The third-order valence-corrected chi connectivity index (χ3v) is 3.36. The zero-order valence-corrected chi connectivity index (χ0v) is 8.89. The van der Waals surface area contributed by atoms with Gasteiger partial charge in [-0.15, -0.1) is 10.2 Å². The Balaban J connectivity index is 1.61. The van der Waals surface area contributed by atoms with Crippen LogP contribution in [0.15, 0.2) is 6.33 Å². The van der Waals surface area contributed by atoms with Crippen LogP contribution in [0.25, 0.3) is 0 Å². The predicted octanol–water partition coefficient (Wildman–Crippen LogP) is -0.154. The number of aromatic nitrogens is 3. The van der Waals surface area contributed by atoms with E-state index in [1.807, 2.05) is 6.33 Å². The van der Waals surface area contributed by atoms with Crippen LogP contribution in [0, 0.1) is 0 Å². The molecule has 82 valence electrons. The van der Waals surface area contributed by atoms with E-state index in [0.717, 1.165) is 32.0 Å². The zero-order valence-electron chi connectivity index (χ0n) is 8.89. The quantitative estimate of drug-likeness (QED) is 0.732. The fourth-order valence-electron chi connectivity index (χ4n) is 2.50. The molecular formula is C10H17N5. The first-order chi connectivity index (χ1) is 7.42. The zero-order chi connectivity index (χ0) is 10.1. The lowest BCUT2D eigenvalue weighted by atomic mass is 10.2. The van der Waals surface area contributed by atoms with Crippen molar-refractivity contribution in [2.75, 3.05) is 19.6 Å². The molecule has 15 heavy (non-hydrogen) atoms. The summed E-state index contributed by atoms with van der Waals surface area (Å²) in [6.45, 7) is 5.47. The third kappa shape index (κ3) is 1.89. The molecule has 3 rings (SSSR count). The molecule has 5 heteroatoms. The summed E-state index contributed by atoms with van der Waals surface area (Å²) in [6, 6.07) is 0.694. The van der Waals surface area contributed by atoms with Crippen molar-refractivity contribution in [2.24, 2.45) is 0 Å². The number of rotatable bonds is 2. The molecule has 1 atom stereocenters. The van der Waals surface area contributed by atoms with Crippen LogP contribution in [0.1, 0.15) is 18.7 Å². The van der Waals surface area contributed by atoms with Gasteiger partial charge < -0.3 is 9.88 Å². The molecular weight excluding hydrogens is 190 g/mol. The molecule has 0 unspecified atom stereocenters. The minimum Gasteiger partial charge on any atom is -0.315 e. The van der Waals surface area contributed by atoms with E-state index in [1.165, 1.54) is 19.4 Å². The lowest BCUT2D eigenvalue weighted by Crippen LogP contribution is -2.41. The fraction of sp³-hybridized carbons (Fsp3) is 0.800. The molecule has 0 aromatic carbocycles. The molecule has 0 bridgehead atoms. The van der Waals surface area contributed by atoms with E-state index in [2.05, 4.69) is 25.0 Å². The smallest absolute Gasteiger partial charge is 0.147 e. The number of hydrogen-bond donors (Lipinski definition) is 1. The van der Waals surface area contributed by atoms with Crippen LogP contribution in [0.2, 0.25) is 0 Å². The first-order valence-electron chi connectivity index (χ1n) is 5.74. The molecule has 3 heterocycles. The SMILES string of the molecule is c1nnc2n1CCN(C[C@@H]1CCCN1)C2. The van der Waals surface area contributed by atoms with Gasteiger partial charge in [-0.1, -0.05) is 0 Å². The normalized spacial score (nSPS) is 26.8. The highest BCUT2D eigenvalue weighted by Crippen LogP contribution is 2.12. The average molecular weight is 207 g/mol. The highest BCUT2D eigenvalue weighted by molar-refractivity contribution is 4.91. The van der Waals surface area contributed by atoms with Crippen molar-refractivity contribution in [1.29, 1.82) is 0 Å². The first kappa shape index (κ1) is 9.30. The molecule has 1 fully saturated rings. The van der Waals surface area contributed by atoms with E-state index in [9.17, 15) is 0 Å². The molecule has 2 aliphatic heterocycles.